The van der Waals surface area contributed by atoms with Crippen LogP contribution in [0.3, 0.4) is 0 Å². The third kappa shape index (κ3) is 6.01. The van der Waals surface area contributed by atoms with Crippen LogP contribution in [0.15, 0.2) is 224 Å². The molecule has 60 heavy (non-hydrogen) atoms. The van der Waals surface area contributed by atoms with Crippen molar-refractivity contribution in [2.45, 2.75) is 19.3 Å². The summed E-state index contributed by atoms with van der Waals surface area (Å²) in [7, 11) is 0. The van der Waals surface area contributed by atoms with Crippen molar-refractivity contribution in [3.8, 4) is 55.6 Å². The lowest BCUT2D eigenvalue weighted by Gasteiger charge is -2.30. The Hall–Kier alpha value is -7.48. The number of hydrogen-bond acceptors (Lipinski definition) is 1. The Kier molecular flexibility index (Phi) is 8.57. The maximum atomic E-state index is 2.49. The molecule has 0 heterocycles. The fraction of sp³-hybridized carbons (Fsp3) is 0.0508. The summed E-state index contributed by atoms with van der Waals surface area (Å²) in [6, 6.07) is 82.6. The van der Waals surface area contributed by atoms with Crippen molar-refractivity contribution < 1.29 is 0 Å². The van der Waals surface area contributed by atoms with E-state index in [-0.39, 0.29) is 5.41 Å². The highest BCUT2D eigenvalue weighted by molar-refractivity contribution is 6.04. The summed E-state index contributed by atoms with van der Waals surface area (Å²) >= 11 is 0. The zero-order valence-electron chi connectivity index (χ0n) is 33.8. The lowest BCUT2D eigenvalue weighted by Crippen LogP contribution is -2.17. The van der Waals surface area contributed by atoms with Crippen molar-refractivity contribution >= 4 is 38.6 Å². The summed E-state index contributed by atoms with van der Waals surface area (Å²) in [5.41, 5.74) is 18.2. The highest BCUT2D eigenvalue weighted by Gasteiger charge is 2.36. The van der Waals surface area contributed by atoms with Crippen molar-refractivity contribution in [1.82, 2.24) is 0 Å². The van der Waals surface area contributed by atoms with E-state index >= 15 is 0 Å². The lowest BCUT2D eigenvalue weighted by atomic mass is 9.82. The molecular formula is C59H43N. The highest BCUT2D eigenvalue weighted by atomic mass is 15.1. The van der Waals surface area contributed by atoms with E-state index in [2.05, 4.69) is 243 Å². The summed E-state index contributed by atoms with van der Waals surface area (Å²) in [4.78, 5) is 2.49. The van der Waals surface area contributed by atoms with E-state index in [1.165, 1.54) is 88.3 Å². The topological polar surface area (TPSA) is 3.24 Å². The molecule has 1 aliphatic carbocycles. The first-order valence-electron chi connectivity index (χ1n) is 20.9. The van der Waals surface area contributed by atoms with Crippen LogP contribution in [-0.2, 0) is 5.41 Å². The van der Waals surface area contributed by atoms with Gasteiger partial charge in [-0.2, -0.15) is 0 Å². The van der Waals surface area contributed by atoms with Crippen LogP contribution in [0.4, 0.5) is 17.1 Å². The predicted octanol–water partition coefficient (Wildman–Crippen LogP) is 16.4. The van der Waals surface area contributed by atoms with Gasteiger partial charge >= 0.3 is 0 Å². The van der Waals surface area contributed by atoms with Crippen LogP contribution in [0.2, 0.25) is 0 Å². The summed E-state index contributed by atoms with van der Waals surface area (Å²) < 4.78 is 0. The molecule has 0 amide bonds. The van der Waals surface area contributed by atoms with Crippen molar-refractivity contribution in [1.29, 1.82) is 0 Å². The fourth-order valence-electron chi connectivity index (χ4n) is 9.60. The van der Waals surface area contributed by atoms with E-state index in [0.29, 0.717) is 0 Å². The predicted molar refractivity (Wildman–Crippen MR) is 255 cm³/mol. The Balaban J connectivity index is 1.13. The molecule has 0 spiro atoms. The Morgan fingerprint density at radius 2 is 0.767 bits per heavy atom. The van der Waals surface area contributed by atoms with Gasteiger partial charge in [0, 0.05) is 22.4 Å². The first kappa shape index (κ1) is 35.7. The largest absolute Gasteiger partial charge is 0.310 e. The first-order chi connectivity index (χ1) is 29.5. The van der Waals surface area contributed by atoms with Crippen LogP contribution in [0.1, 0.15) is 25.0 Å². The molecule has 11 rings (SSSR count). The number of anilines is 3. The number of fused-ring (bicyclic) bond motifs is 5. The molecule has 0 N–H and O–H groups in total. The van der Waals surface area contributed by atoms with E-state index in [9.17, 15) is 0 Å². The van der Waals surface area contributed by atoms with Gasteiger partial charge in [-0.15, -0.1) is 0 Å². The smallest absolute Gasteiger partial charge is 0.0546 e. The molecule has 1 aliphatic rings. The second-order valence-electron chi connectivity index (χ2n) is 16.5. The van der Waals surface area contributed by atoms with Gasteiger partial charge in [0.2, 0.25) is 0 Å². The molecule has 0 bridgehead atoms. The monoisotopic (exact) mass is 765 g/mol. The Morgan fingerprint density at radius 1 is 0.300 bits per heavy atom. The van der Waals surface area contributed by atoms with Gasteiger partial charge in [0.15, 0.2) is 0 Å². The summed E-state index contributed by atoms with van der Waals surface area (Å²) in [6.45, 7) is 4.73. The molecule has 1 heteroatoms. The molecule has 0 fully saturated rings. The van der Waals surface area contributed by atoms with E-state index in [0.717, 1.165) is 17.1 Å². The third-order valence-corrected chi connectivity index (χ3v) is 12.7. The molecule has 0 unspecified atom stereocenters. The van der Waals surface area contributed by atoms with Gasteiger partial charge in [-0.3, -0.25) is 0 Å². The Labute approximate surface area is 352 Å². The minimum Gasteiger partial charge on any atom is -0.310 e. The summed E-state index contributed by atoms with van der Waals surface area (Å²) in [5, 5.41) is 4.94. The quantitative estimate of drug-likeness (QED) is 0.156. The van der Waals surface area contributed by atoms with E-state index in [1.807, 2.05) is 0 Å². The maximum Gasteiger partial charge on any atom is 0.0546 e. The molecule has 1 nitrogen and oxygen atoms in total. The molecule has 0 atom stereocenters. The minimum atomic E-state index is -0.146. The molecule has 0 saturated carbocycles. The molecule has 0 aliphatic heterocycles. The first-order valence-corrected chi connectivity index (χ1v) is 20.9. The number of nitrogens with zero attached hydrogens (tertiary/aromatic N) is 1. The van der Waals surface area contributed by atoms with Crippen LogP contribution in [0, 0.1) is 0 Å². The zero-order chi connectivity index (χ0) is 40.2. The number of benzene rings is 10. The van der Waals surface area contributed by atoms with Crippen LogP contribution >= 0.6 is 0 Å². The maximum absolute atomic E-state index is 2.49. The van der Waals surface area contributed by atoms with Gasteiger partial charge < -0.3 is 4.90 Å². The van der Waals surface area contributed by atoms with E-state index in [1.54, 1.807) is 0 Å². The highest BCUT2D eigenvalue weighted by Crippen LogP contribution is 2.52. The van der Waals surface area contributed by atoms with Gasteiger partial charge in [-0.25, -0.2) is 0 Å². The van der Waals surface area contributed by atoms with Crippen LogP contribution in [-0.4, -0.2) is 0 Å². The third-order valence-electron chi connectivity index (χ3n) is 12.7. The average Bonchev–Trinajstić information content (AvgIpc) is 3.54. The van der Waals surface area contributed by atoms with Crippen molar-refractivity contribution in [3.05, 3.63) is 236 Å². The molecular weight excluding hydrogens is 723 g/mol. The minimum absolute atomic E-state index is 0.146. The summed E-state index contributed by atoms with van der Waals surface area (Å²) in [5.74, 6) is 0. The van der Waals surface area contributed by atoms with Gasteiger partial charge in [-0.05, 0) is 113 Å². The van der Waals surface area contributed by atoms with Gasteiger partial charge in [0.25, 0.3) is 0 Å². The summed E-state index contributed by atoms with van der Waals surface area (Å²) in [6.07, 6.45) is 0. The second kappa shape index (κ2) is 14.4. The molecule has 10 aromatic carbocycles. The van der Waals surface area contributed by atoms with Gasteiger partial charge in [-0.1, -0.05) is 208 Å². The average molecular weight is 766 g/mol. The van der Waals surface area contributed by atoms with Gasteiger partial charge in [0.1, 0.15) is 0 Å². The number of rotatable bonds is 7. The van der Waals surface area contributed by atoms with Crippen molar-refractivity contribution in [2.75, 3.05) is 4.90 Å². The molecule has 284 valence electrons. The molecule has 10 aromatic rings. The Morgan fingerprint density at radius 3 is 1.47 bits per heavy atom. The SMILES string of the molecule is CC1(C)c2ccccc2-c2ccc(N(c3ccc(-c4ccc(-c5ccccc5)cc4)cc3)c3cc(-c4cccc5ccccc45)ccc3-c3cccc4ccccc34)cc21. The molecule has 0 saturated heterocycles. The number of hydrogen-bond donors (Lipinski definition) is 0. The van der Waals surface area contributed by atoms with E-state index < -0.39 is 0 Å². The standard InChI is InChI=1S/C59H43N/c1-59(2)56-25-11-10-22-53(56)54-37-35-48(39-57(54)59)60(47-33-30-43(31-34-47)42-28-26-41(27-29-42)40-14-4-3-5-15-40)58-38-46(51-23-12-18-44-16-6-8-20-49(44)51)32-36-55(58)52-24-13-19-45-17-7-9-21-50(45)52/h3-39H,1-2H3. The normalized spacial score (nSPS) is 12.6. The Bertz CT molecular complexity index is 3200. The van der Waals surface area contributed by atoms with Crippen molar-refractivity contribution in [3.63, 3.8) is 0 Å². The van der Waals surface area contributed by atoms with Crippen LogP contribution in [0.5, 0.6) is 0 Å². The van der Waals surface area contributed by atoms with Gasteiger partial charge in [0.05, 0.1) is 5.69 Å². The van der Waals surface area contributed by atoms with Crippen LogP contribution < -0.4 is 4.90 Å². The lowest BCUT2D eigenvalue weighted by molar-refractivity contribution is 0.660. The van der Waals surface area contributed by atoms with Crippen molar-refractivity contribution in [2.24, 2.45) is 0 Å². The second-order valence-corrected chi connectivity index (χ2v) is 16.5. The van der Waals surface area contributed by atoms with Crippen LogP contribution in [0.25, 0.3) is 77.2 Å². The molecule has 0 radical (unpaired) electrons. The fourth-order valence-corrected chi connectivity index (χ4v) is 9.60. The van der Waals surface area contributed by atoms with E-state index in [4.69, 9.17) is 0 Å². The zero-order valence-corrected chi connectivity index (χ0v) is 33.8. The molecule has 0 aromatic heterocycles.